The summed E-state index contributed by atoms with van der Waals surface area (Å²) in [5.41, 5.74) is 15.5. The zero-order valence-electron chi connectivity index (χ0n) is 34.9. The SMILES string of the molecule is C1=Cc2ccc(-c3ccccc3)c(-c3nc(-c4ccc(-c5ccccc5)cc4)nc(-c4ccc5cc(-c6ccc(-n7c8ccccc8c8ccccc87)cc6)ccc5c4)n3)c2C=CC1. The van der Waals surface area contributed by atoms with E-state index in [0.717, 1.165) is 73.0 Å². The minimum absolute atomic E-state index is 0.628. The van der Waals surface area contributed by atoms with Crippen LogP contribution in [0.1, 0.15) is 17.5 Å². The summed E-state index contributed by atoms with van der Waals surface area (Å²) in [4.78, 5) is 15.9. The fraction of sp³-hybridized carbons (Fsp3) is 0.0167. The lowest BCUT2D eigenvalue weighted by Gasteiger charge is -2.17. The van der Waals surface area contributed by atoms with Crippen molar-refractivity contribution in [1.82, 2.24) is 19.5 Å². The highest BCUT2D eigenvalue weighted by atomic mass is 15.0. The summed E-state index contributed by atoms with van der Waals surface area (Å²) in [6, 6.07) is 73.4. The first kappa shape index (κ1) is 37.3. The van der Waals surface area contributed by atoms with E-state index >= 15 is 0 Å². The number of aromatic nitrogens is 4. The van der Waals surface area contributed by atoms with Crippen LogP contribution in [0.4, 0.5) is 0 Å². The lowest BCUT2D eigenvalue weighted by molar-refractivity contribution is 1.07. The first-order valence-corrected chi connectivity index (χ1v) is 21.8. The average molecular weight is 817 g/mol. The van der Waals surface area contributed by atoms with Crippen LogP contribution in [-0.2, 0) is 0 Å². The van der Waals surface area contributed by atoms with Gasteiger partial charge in [-0.15, -0.1) is 0 Å². The summed E-state index contributed by atoms with van der Waals surface area (Å²) in [7, 11) is 0. The molecule has 0 saturated carbocycles. The quantitative estimate of drug-likeness (QED) is 0.161. The summed E-state index contributed by atoms with van der Waals surface area (Å²) in [6.45, 7) is 0. The van der Waals surface area contributed by atoms with Gasteiger partial charge in [-0.25, -0.2) is 15.0 Å². The second kappa shape index (κ2) is 15.8. The van der Waals surface area contributed by atoms with Crippen LogP contribution in [0.2, 0.25) is 0 Å². The van der Waals surface area contributed by atoms with Gasteiger partial charge in [-0.1, -0.05) is 194 Å². The molecule has 0 spiro atoms. The van der Waals surface area contributed by atoms with Crippen LogP contribution in [0.15, 0.2) is 218 Å². The Bertz CT molecular complexity index is 3550. The van der Waals surface area contributed by atoms with Gasteiger partial charge in [0.05, 0.1) is 11.0 Å². The fourth-order valence-electron chi connectivity index (χ4n) is 9.28. The Labute approximate surface area is 371 Å². The van der Waals surface area contributed by atoms with Crippen molar-refractivity contribution in [1.29, 1.82) is 0 Å². The molecule has 0 amide bonds. The maximum Gasteiger partial charge on any atom is 0.165 e. The van der Waals surface area contributed by atoms with Crippen LogP contribution < -0.4 is 0 Å². The zero-order valence-corrected chi connectivity index (χ0v) is 34.9. The van der Waals surface area contributed by atoms with Gasteiger partial charge in [-0.3, -0.25) is 0 Å². The molecule has 0 saturated heterocycles. The molecule has 0 aliphatic heterocycles. The molecule has 0 bridgehead atoms. The van der Waals surface area contributed by atoms with Crippen LogP contribution in [0.3, 0.4) is 0 Å². The summed E-state index contributed by atoms with van der Waals surface area (Å²) < 4.78 is 2.36. The molecule has 0 radical (unpaired) electrons. The topological polar surface area (TPSA) is 43.6 Å². The van der Waals surface area contributed by atoms with Gasteiger partial charge in [0, 0.05) is 33.2 Å². The third-order valence-corrected chi connectivity index (χ3v) is 12.5. The summed E-state index contributed by atoms with van der Waals surface area (Å²) in [5, 5.41) is 4.79. The molecule has 64 heavy (non-hydrogen) atoms. The van der Waals surface area contributed by atoms with E-state index in [-0.39, 0.29) is 0 Å². The summed E-state index contributed by atoms with van der Waals surface area (Å²) in [6.07, 6.45) is 9.71. The molecule has 0 N–H and O–H groups in total. The lowest BCUT2D eigenvalue weighted by Crippen LogP contribution is -2.03. The van der Waals surface area contributed by atoms with Gasteiger partial charge in [0.1, 0.15) is 0 Å². The van der Waals surface area contributed by atoms with Crippen LogP contribution in [0, 0.1) is 0 Å². The van der Waals surface area contributed by atoms with E-state index in [1.54, 1.807) is 0 Å². The van der Waals surface area contributed by atoms with E-state index in [4.69, 9.17) is 15.0 Å². The third kappa shape index (κ3) is 6.70. The second-order valence-corrected chi connectivity index (χ2v) is 16.3. The molecular formula is C60H40N4. The van der Waals surface area contributed by atoms with Crippen molar-refractivity contribution < 1.29 is 0 Å². The Morgan fingerprint density at radius 3 is 1.56 bits per heavy atom. The number of allylic oxidation sites excluding steroid dienone is 2. The van der Waals surface area contributed by atoms with E-state index in [1.807, 2.05) is 6.07 Å². The van der Waals surface area contributed by atoms with Gasteiger partial charge in [-0.05, 0) is 98.1 Å². The Hall–Kier alpha value is -8.47. The normalized spacial score (nSPS) is 12.2. The van der Waals surface area contributed by atoms with Crippen molar-refractivity contribution in [2.24, 2.45) is 0 Å². The standard InChI is InChI=1S/C60H40N4/c1-4-14-40(15-5-1)41-24-26-45(27-25-41)58-61-59(63-60(62-58)57-51-19-9-3-8-18-44(51)34-37-52(57)43-16-6-2-7-17-43)49-31-30-47-38-46(28-29-48(47)39-49)42-32-35-50(36-33-42)64-55-22-12-10-20-53(55)54-21-11-13-23-56(54)64/h1-2,4-39H,3H2. The van der Waals surface area contributed by atoms with Crippen LogP contribution in [0.25, 0.3) is 118 Å². The lowest BCUT2D eigenvalue weighted by atomic mass is 9.91. The van der Waals surface area contributed by atoms with Crippen LogP contribution >= 0.6 is 0 Å². The molecule has 0 unspecified atom stereocenters. The van der Waals surface area contributed by atoms with Crippen LogP contribution in [-0.4, -0.2) is 19.5 Å². The molecule has 9 aromatic carbocycles. The molecule has 4 heteroatoms. The molecule has 300 valence electrons. The van der Waals surface area contributed by atoms with Crippen molar-refractivity contribution in [3.05, 3.63) is 230 Å². The predicted octanol–water partition coefficient (Wildman–Crippen LogP) is 15.6. The highest BCUT2D eigenvalue weighted by Gasteiger charge is 2.21. The first-order chi connectivity index (χ1) is 31.7. The number of para-hydroxylation sites is 2. The Balaban J connectivity index is 0.954. The van der Waals surface area contributed by atoms with Gasteiger partial charge in [0.25, 0.3) is 0 Å². The van der Waals surface area contributed by atoms with Crippen LogP contribution in [0.5, 0.6) is 0 Å². The maximum absolute atomic E-state index is 5.35. The number of benzene rings is 9. The molecule has 12 rings (SSSR count). The van der Waals surface area contributed by atoms with Crippen molar-refractivity contribution in [3.8, 4) is 73.2 Å². The molecule has 4 nitrogen and oxygen atoms in total. The van der Waals surface area contributed by atoms with Gasteiger partial charge >= 0.3 is 0 Å². The van der Waals surface area contributed by atoms with Crippen molar-refractivity contribution >= 4 is 44.7 Å². The molecule has 11 aromatic rings. The van der Waals surface area contributed by atoms with Gasteiger partial charge in [0.15, 0.2) is 17.5 Å². The van der Waals surface area contributed by atoms with E-state index in [9.17, 15) is 0 Å². The number of hydrogen-bond donors (Lipinski definition) is 0. The van der Waals surface area contributed by atoms with E-state index in [2.05, 4.69) is 229 Å². The molecule has 1 aliphatic carbocycles. The van der Waals surface area contributed by atoms with Gasteiger partial charge in [0.2, 0.25) is 0 Å². The number of rotatable bonds is 7. The van der Waals surface area contributed by atoms with Crippen molar-refractivity contribution in [2.45, 2.75) is 6.42 Å². The zero-order chi connectivity index (χ0) is 42.4. The molecular weight excluding hydrogens is 777 g/mol. The van der Waals surface area contributed by atoms with Crippen molar-refractivity contribution in [3.63, 3.8) is 0 Å². The first-order valence-electron chi connectivity index (χ1n) is 21.8. The molecule has 2 aromatic heterocycles. The summed E-state index contributed by atoms with van der Waals surface area (Å²) in [5.74, 6) is 1.90. The van der Waals surface area contributed by atoms with E-state index in [0.29, 0.717) is 17.5 Å². The largest absolute Gasteiger partial charge is 0.309 e. The predicted molar refractivity (Wildman–Crippen MR) is 267 cm³/mol. The Morgan fingerprint density at radius 2 is 0.859 bits per heavy atom. The molecule has 0 atom stereocenters. The van der Waals surface area contributed by atoms with Crippen molar-refractivity contribution in [2.75, 3.05) is 0 Å². The highest BCUT2D eigenvalue weighted by Crippen LogP contribution is 2.40. The second-order valence-electron chi connectivity index (χ2n) is 16.3. The monoisotopic (exact) mass is 816 g/mol. The highest BCUT2D eigenvalue weighted by molar-refractivity contribution is 6.09. The van der Waals surface area contributed by atoms with E-state index < -0.39 is 0 Å². The summed E-state index contributed by atoms with van der Waals surface area (Å²) >= 11 is 0. The Kier molecular flexibility index (Phi) is 9.19. The van der Waals surface area contributed by atoms with Gasteiger partial charge in [-0.2, -0.15) is 0 Å². The third-order valence-electron chi connectivity index (χ3n) is 12.5. The average Bonchev–Trinajstić information content (AvgIpc) is 3.51. The molecule has 2 heterocycles. The minimum Gasteiger partial charge on any atom is -0.309 e. The number of hydrogen-bond acceptors (Lipinski definition) is 3. The number of fused-ring (bicyclic) bond motifs is 5. The fourth-order valence-corrected chi connectivity index (χ4v) is 9.28. The van der Waals surface area contributed by atoms with E-state index in [1.165, 1.54) is 32.9 Å². The Morgan fingerprint density at radius 1 is 0.359 bits per heavy atom. The minimum atomic E-state index is 0.628. The number of nitrogens with zero attached hydrogens (tertiary/aromatic N) is 4. The van der Waals surface area contributed by atoms with Gasteiger partial charge < -0.3 is 4.57 Å². The molecule has 1 aliphatic rings. The smallest absolute Gasteiger partial charge is 0.165 e. The molecule has 0 fully saturated rings. The maximum atomic E-state index is 5.35.